The van der Waals surface area contributed by atoms with E-state index in [1.54, 1.807) is 0 Å². The van der Waals surface area contributed by atoms with E-state index in [1.165, 1.54) is 0 Å². The van der Waals surface area contributed by atoms with E-state index in [0.717, 1.165) is 25.7 Å². The molecular weight excluding hydrogens is 230 g/mol. The molecule has 0 aromatic heterocycles. The van der Waals surface area contributed by atoms with Crippen LogP contribution in [-0.2, 0) is 9.59 Å². The lowest BCUT2D eigenvalue weighted by atomic mass is 9.95. The summed E-state index contributed by atoms with van der Waals surface area (Å²) in [5, 5.41) is 2.84. The molecule has 0 saturated carbocycles. The molecule has 2 amide bonds. The van der Waals surface area contributed by atoms with Crippen molar-refractivity contribution >= 4 is 11.8 Å². The molecule has 1 rings (SSSR count). The van der Waals surface area contributed by atoms with E-state index >= 15 is 0 Å². The molecule has 0 unspecified atom stereocenters. The number of nitrogens with one attached hydrogen (secondary N) is 1. The maximum atomic E-state index is 11.9. The third kappa shape index (κ3) is 4.64. The Hall–Kier alpha value is -1.10. The fourth-order valence-corrected chi connectivity index (χ4v) is 2.29. The highest BCUT2D eigenvalue weighted by Crippen LogP contribution is 2.18. The fraction of sp³-hybridized carbons (Fsp3) is 0.846. The molecule has 1 aliphatic rings. The smallest absolute Gasteiger partial charge is 0.223 e. The number of unbranched alkanes of at least 4 members (excludes halogenated alkanes) is 1. The standard InChI is InChI=1S/C13H25N3O2/c1-2-15-13(18)11-6-9-16(10-7-11)12(17)5-3-4-8-14/h11H,2-10,14H2,1H3,(H,15,18). The molecule has 0 radical (unpaired) electrons. The van der Waals surface area contributed by atoms with Gasteiger partial charge in [-0.25, -0.2) is 0 Å². The van der Waals surface area contributed by atoms with Gasteiger partial charge in [-0.2, -0.15) is 0 Å². The van der Waals surface area contributed by atoms with Gasteiger partial charge in [-0.1, -0.05) is 0 Å². The van der Waals surface area contributed by atoms with E-state index in [0.29, 0.717) is 32.6 Å². The lowest BCUT2D eigenvalue weighted by molar-refractivity contribution is -0.135. The van der Waals surface area contributed by atoms with Crippen molar-refractivity contribution in [2.45, 2.75) is 39.0 Å². The van der Waals surface area contributed by atoms with Crippen molar-refractivity contribution in [1.29, 1.82) is 0 Å². The predicted molar refractivity (Wildman–Crippen MR) is 70.9 cm³/mol. The zero-order valence-electron chi connectivity index (χ0n) is 11.3. The van der Waals surface area contributed by atoms with Gasteiger partial charge in [0.15, 0.2) is 0 Å². The highest BCUT2D eigenvalue weighted by molar-refractivity contribution is 5.80. The highest BCUT2D eigenvalue weighted by Gasteiger charge is 2.26. The summed E-state index contributed by atoms with van der Waals surface area (Å²) in [4.78, 5) is 25.4. The number of piperidine rings is 1. The van der Waals surface area contributed by atoms with Crippen LogP contribution in [0.2, 0.25) is 0 Å². The first-order chi connectivity index (χ1) is 8.69. The molecule has 0 aromatic carbocycles. The molecule has 3 N–H and O–H groups in total. The Kier molecular flexibility index (Phi) is 6.72. The van der Waals surface area contributed by atoms with E-state index in [9.17, 15) is 9.59 Å². The summed E-state index contributed by atoms with van der Waals surface area (Å²) in [7, 11) is 0. The number of carbonyl (C=O) groups is 2. The second kappa shape index (κ2) is 8.08. The molecule has 0 aromatic rings. The predicted octanol–water partition coefficient (Wildman–Crippen LogP) is 0.490. The second-order valence-corrected chi connectivity index (χ2v) is 4.80. The van der Waals surface area contributed by atoms with Gasteiger partial charge < -0.3 is 16.0 Å². The Bertz CT molecular complexity index is 273. The maximum absolute atomic E-state index is 11.9. The van der Waals surface area contributed by atoms with Crippen LogP contribution in [-0.4, -0.2) is 42.9 Å². The molecule has 1 saturated heterocycles. The minimum atomic E-state index is 0.0815. The van der Waals surface area contributed by atoms with E-state index in [-0.39, 0.29) is 17.7 Å². The van der Waals surface area contributed by atoms with Crippen molar-refractivity contribution < 1.29 is 9.59 Å². The van der Waals surface area contributed by atoms with Crippen molar-refractivity contribution in [2.75, 3.05) is 26.2 Å². The lowest BCUT2D eigenvalue weighted by Crippen LogP contribution is -2.42. The molecule has 5 nitrogen and oxygen atoms in total. The number of hydrogen-bond donors (Lipinski definition) is 2. The highest BCUT2D eigenvalue weighted by atomic mass is 16.2. The monoisotopic (exact) mass is 255 g/mol. The van der Waals surface area contributed by atoms with Gasteiger partial charge >= 0.3 is 0 Å². The molecule has 5 heteroatoms. The SMILES string of the molecule is CCNC(=O)C1CCN(C(=O)CCCCN)CC1. The van der Waals surface area contributed by atoms with Crippen LogP contribution in [0.1, 0.15) is 39.0 Å². The van der Waals surface area contributed by atoms with E-state index in [2.05, 4.69) is 5.32 Å². The number of carbonyl (C=O) groups excluding carboxylic acids is 2. The minimum Gasteiger partial charge on any atom is -0.356 e. The van der Waals surface area contributed by atoms with Gasteiger partial charge in [0.2, 0.25) is 11.8 Å². The Morgan fingerprint density at radius 2 is 1.94 bits per heavy atom. The summed E-state index contributed by atoms with van der Waals surface area (Å²) in [5.74, 6) is 0.420. The molecule has 0 atom stereocenters. The Labute approximate surface area is 109 Å². The fourth-order valence-electron chi connectivity index (χ4n) is 2.29. The van der Waals surface area contributed by atoms with Crippen molar-refractivity contribution in [3.05, 3.63) is 0 Å². The maximum Gasteiger partial charge on any atom is 0.223 e. The average Bonchev–Trinajstić information content (AvgIpc) is 2.39. The average molecular weight is 255 g/mol. The van der Waals surface area contributed by atoms with Crippen LogP contribution in [0.25, 0.3) is 0 Å². The van der Waals surface area contributed by atoms with E-state index in [4.69, 9.17) is 5.73 Å². The van der Waals surface area contributed by atoms with Gasteiger partial charge in [-0.3, -0.25) is 9.59 Å². The van der Waals surface area contributed by atoms with Crippen LogP contribution < -0.4 is 11.1 Å². The van der Waals surface area contributed by atoms with Crippen LogP contribution in [0, 0.1) is 5.92 Å². The summed E-state index contributed by atoms with van der Waals surface area (Å²) in [6.45, 7) is 4.67. The summed E-state index contributed by atoms with van der Waals surface area (Å²) in [5.41, 5.74) is 5.40. The molecular formula is C13H25N3O2. The van der Waals surface area contributed by atoms with Gasteiger partial charge in [0, 0.05) is 32.0 Å². The lowest BCUT2D eigenvalue weighted by Gasteiger charge is -2.31. The molecule has 0 spiro atoms. The summed E-state index contributed by atoms with van der Waals surface area (Å²) in [6.07, 6.45) is 3.93. The third-order valence-corrected chi connectivity index (χ3v) is 3.41. The Morgan fingerprint density at radius 3 is 2.50 bits per heavy atom. The first-order valence-electron chi connectivity index (χ1n) is 6.94. The summed E-state index contributed by atoms with van der Waals surface area (Å²) in [6, 6.07) is 0. The molecule has 1 heterocycles. The first kappa shape index (κ1) is 15.0. The summed E-state index contributed by atoms with van der Waals surface area (Å²) >= 11 is 0. The van der Waals surface area contributed by atoms with Gasteiger partial charge in [-0.05, 0) is 39.2 Å². The molecule has 0 aliphatic carbocycles. The number of nitrogens with zero attached hydrogens (tertiary/aromatic N) is 1. The summed E-state index contributed by atoms with van der Waals surface area (Å²) < 4.78 is 0. The second-order valence-electron chi connectivity index (χ2n) is 4.80. The van der Waals surface area contributed by atoms with Gasteiger partial charge in [-0.15, -0.1) is 0 Å². The van der Waals surface area contributed by atoms with Crippen LogP contribution in [0.5, 0.6) is 0 Å². The normalized spacial score (nSPS) is 16.7. The minimum absolute atomic E-state index is 0.0815. The van der Waals surface area contributed by atoms with Crippen LogP contribution in [0.15, 0.2) is 0 Å². The Balaban J connectivity index is 2.26. The molecule has 1 fully saturated rings. The van der Waals surface area contributed by atoms with Crippen molar-refractivity contribution in [1.82, 2.24) is 10.2 Å². The van der Waals surface area contributed by atoms with Gasteiger partial charge in [0.25, 0.3) is 0 Å². The largest absolute Gasteiger partial charge is 0.356 e. The number of rotatable bonds is 6. The van der Waals surface area contributed by atoms with Gasteiger partial charge in [0.05, 0.1) is 0 Å². The number of nitrogens with two attached hydrogens (primary N) is 1. The number of hydrogen-bond acceptors (Lipinski definition) is 3. The zero-order chi connectivity index (χ0) is 13.4. The van der Waals surface area contributed by atoms with Crippen molar-refractivity contribution in [3.8, 4) is 0 Å². The third-order valence-electron chi connectivity index (χ3n) is 3.41. The van der Waals surface area contributed by atoms with Gasteiger partial charge in [0.1, 0.15) is 0 Å². The van der Waals surface area contributed by atoms with Crippen molar-refractivity contribution in [3.63, 3.8) is 0 Å². The van der Waals surface area contributed by atoms with Crippen LogP contribution in [0.4, 0.5) is 0 Å². The molecule has 104 valence electrons. The number of amides is 2. The van der Waals surface area contributed by atoms with Crippen LogP contribution in [0.3, 0.4) is 0 Å². The zero-order valence-corrected chi connectivity index (χ0v) is 11.3. The first-order valence-corrected chi connectivity index (χ1v) is 6.94. The van der Waals surface area contributed by atoms with Crippen LogP contribution >= 0.6 is 0 Å². The number of likely N-dealkylation sites (tertiary alicyclic amines) is 1. The van der Waals surface area contributed by atoms with Crippen molar-refractivity contribution in [2.24, 2.45) is 11.7 Å². The quantitative estimate of drug-likeness (QED) is 0.678. The molecule has 18 heavy (non-hydrogen) atoms. The molecule has 1 aliphatic heterocycles. The van der Waals surface area contributed by atoms with E-state index < -0.39 is 0 Å². The topological polar surface area (TPSA) is 75.4 Å². The van der Waals surface area contributed by atoms with E-state index in [1.807, 2.05) is 11.8 Å². The Morgan fingerprint density at radius 1 is 1.28 bits per heavy atom. The molecule has 0 bridgehead atoms.